The maximum Gasteiger partial charge on any atom is 0.414 e. The van der Waals surface area contributed by atoms with Gasteiger partial charge in [-0.15, -0.1) is 0 Å². The number of carbonyl (C=O) groups excluding carboxylic acids is 1. The van der Waals surface area contributed by atoms with Crippen LogP contribution < -0.4 is 4.74 Å². The predicted molar refractivity (Wildman–Crippen MR) is 169 cm³/mol. The van der Waals surface area contributed by atoms with Crippen molar-refractivity contribution in [3.63, 3.8) is 0 Å². The number of allylic oxidation sites excluding steroid dienone is 6. The lowest BCUT2D eigenvalue weighted by Gasteiger charge is -2.29. The Morgan fingerprint density at radius 2 is 1.56 bits per heavy atom. The molecule has 3 rings (SSSR count). The molecule has 2 aromatic carbocycles. The third-order valence-corrected chi connectivity index (χ3v) is 8.08. The van der Waals surface area contributed by atoms with Crippen LogP contribution in [0.25, 0.3) is 11.1 Å². The monoisotopic (exact) mass is 557 g/mol. The predicted octanol–water partition coefficient (Wildman–Crippen LogP) is 9.61. The van der Waals surface area contributed by atoms with Gasteiger partial charge >= 0.3 is 6.09 Å². The average Bonchev–Trinajstić information content (AvgIpc) is 2.94. The second kappa shape index (κ2) is 14.9. The number of benzene rings is 2. The quantitative estimate of drug-likeness (QED) is 0.279. The van der Waals surface area contributed by atoms with E-state index in [1.807, 2.05) is 19.1 Å². The molecule has 1 N–H and O–H groups in total. The zero-order valence-electron chi connectivity index (χ0n) is 26.0. The average molecular weight is 558 g/mol. The normalized spacial score (nSPS) is 15.1. The van der Waals surface area contributed by atoms with E-state index in [0.29, 0.717) is 5.56 Å². The van der Waals surface area contributed by atoms with Crippen molar-refractivity contribution in [2.24, 2.45) is 0 Å². The van der Waals surface area contributed by atoms with E-state index in [9.17, 15) is 14.7 Å². The second-order valence-corrected chi connectivity index (χ2v) is 11.7. The van der Waals surface area contributed by atoms with E-state index in [4.69, 9.17) is 4.74 Å². The molecule has 220 valence electrons. The van der Waals surface area contributed by atoms with Crippen LogP contribution in [0, 0.1) is 13.8 Å². The number of hydrogen-bond acceptors (Lipinski definition) is 3. The number of aryl methyl sites for hydroxylation is 1. The Hall–Kier alpha value is -3.60. The fraction of sp³-hybridized carbons (Fsp3) is 0.444. The van der Waals surface area contributed by atoms with Crippen LogP contribution in [-0.4, -0.2) is 35.2 Å². The summed E-state index contributed by atoms with van der Waals surface area (Å²) in [6.07, 6.45) is 14.3. The summed E-state index contributed by atoms with van der Waals surface area (Å²) in [5, 5.41) is 9.33. The molecule has 0 saturated heterocycles. The fourth-order valence-electron chi connectivity index (χ4n) is 5.36. The molecular formula is C36H47NO4. The molecule has 2 amide bonds. The first kappa shape index (κ1) is 31.9. The van der Waals surface area contributed by atoms with Gasteiger partial charge in [0.05, 0.1) is 6.10 Å². The van der Waals surface area contributed by atoms with Crippen LogP contribution in [0.5, 0.6) is 5.75 Å². The molecule has 5 nitrogen and oxygen atoms in total. The molecule has 2 aromatic rings. The first-order valence-electron chi connectivity index (χ1n) is 14.8. The van der Waals surface area contributed by atoms with Crippen LogP contribution in [0.2, 0.25) is 0 Å². The van der Waals surface area contributed by atoms with E-state index in [1.54, 1.807) is 12.1 Å². The molecule has 0 aromatic heterocycles. The van der Waals surface area contributed by atoms with Gasteiger partial charge in [0.15, 0.2) is 0 Å². The number of nitrogens with zero attached hydrogens (tertiary/aromatic N) is 1. The lowest BCUT2D eigenvalue weighted by atomic mass is 9.87. The molecule has 0 fully saturated rings. The topological polar surface area (TPSA) is 66.8 Å². The van der Waals surface area contributed by atoms with Crippen LogP contribution >= 0.6 is 0 Å². The van der Waals surface area contributed by atoms with E-state index >= 15 is 0 Å². The summed E-state index contributed by atoms with van der Waals surface area (Å²) in [6.45, 7) is 12.9. The molecule has 0 aliphatic carbocycles. The third-order valence-electron chi connectivity index (χ3n) is 8.08. The molecule has 0 saturated carbocycles. The van der Waals surface area contributed by atoms with Crippen LogP contribution in [0.3, 0.4) is 0 Å². The number of rotatable bonds is 11. The zero-order chi connectivity index (χ0) is 30.1. The van der Waals surface area contributed by atoms with Crippen LogP contribution in [-0.2, 0) is 6.42 Å². The van der Waals surface area contributed by atoms with Gasteiger partial charge in [-0.25, -0.2) is 9.69 Å². The Labute approximate surface area is 246 Å². The van der Waals surface area contributed by atoms with Gasteiger partial charge in [0.1, 0.15) is 5.75 Å². The minimum atomic E-state index is -1.27. The summed E-state index contributed by atoms with van der Waals surface area (Å²) in [6, 6.07) is 9.35. The Morgan fingerprint density at radius 3 is 2.22 bits per heavy atom. The fourth-order valence-corrected chi connectivity index (χ4v) is 5.36. The first-order valence-corrected chi connectivity index (χ1v) is 14.8. The maximum atomic E-state index is 12.9. The molecule has 0 bridgehead atoms. The largest absolute Gasteiger partial charge is 0.490 e. The number of amides is 2. The zero-order valence-corrected chi connectivity index (χ0v) is 26.0. The summed E-state index contributed by atoms with van der Waals surface area (Å²) in [7, 11) is 1.28. The summed E-state index contributed by atoms with van der Waals surface area (Å²) in [5.74, 6) is 0.427. The Balaban J connectivity index is 1.64. The van der Waals surface area contributed by atoms with Crippen molar-refractivity contribution in [3.05, 3.63) is 87.5 Å². The SMILES string of the molecule is CC(C)=CCCC(C)=CCCC(C)=CCCC1CCc2cc(-c3ccccc3C(=O)N(C)C(=O)O)c(C)c(C)c2O1. The minimum Gasteiger partial charge on any atom is -0.490 e. The molecule has 1 atom stereocenters. The van der Waals surface area contributed by atoms with Crippen molar-refractivity contribution < 1.29 is 19.4 Å². The maximum absolute atomic E-state index is 12.9. The summed E-state index contributed by atoms with van der Waals surface area (Å²) < 4.78 is 6.53. The molecule has 1 heterocycles. The lowest BCUT2D eigenvalue weighted by molar-refractivity contribution is 0.0782. The Kier molecular flexibility index (Phi) is 11.6. The molecule has 0 radical (unpaired) electrons. The third kappa shape index (κ3) is 8.69. The van der Waals surface area contributed by atoms with Gasteiger partial charge in [0.25, 0.3) is 5.91 Å². The van der Waals surface area contributed by atoms with Gasteiger partial charge in [-0.1, -0.05) is 53.1 Å². The van der Waals surface area contributed by atoms with E-state index in [0.717, 1.165) is 89.8 Å². The molecule has 1 unspecified atom stereocenters. The molecular weight excluding hydrogens is 510 g/mol. The first-order chi connectivity index (χ1) is 19.5. The summed E-state index contributed by atoms with van der Waals surface area (Å²) in [5.41, 5.74) is 9.64. The van der Waals surface area contributed by atoms with Gasteiger partial charge < -0.3 is 9.84 Å². The van der Waals surface area contributed by atoms with E-state index in [2.05, 4.69) is 58.9 Å². The Morgan fingerprint density at radius 1 is 0.927 bits per heavy atom. The minimum absolute atomic E-state index is 0.186. The van der Waals surface area contributed by atoms with Crippen molar-refractivity contribution in [3.8, 4) is 16.9 Å². The number of carbonyl (C=O) groups is 2. The van der Waals surface area contributed by atoms with E-state index < -0.39 is 12.0 Å². The van der Waals surface area contributed by atoms with Gasteiger partial charge in [0.2, 0.25) is 0 Å². The molecule has 1 aliphatic heterocycles. The van der Waals surface area contributed by atoms with Gasteiger partial charge in [-0.2, -0.15) is 0 Å². The number of carboxylic acid groups (broad SMARTS) is 1. The molecule has 41 heavy (non-hydrogen) atoms. The van der Waals surface area contributed by atoms with E-state index in [-0.39, 0.29) is 6.10 Å². The van der Waals surface area contributed by atoms with Crippen molar-refractivity contribution in [2.45, 2.75) is 99.0 Å². The highest BCUT2D eigenvalue weighted by Crippen LogP contribution is 2.40. The van der Waals surface area contributed by atoms with Crippen molar-refractivity contribution in [2.75, 3.05) is 7.05 Å². The van der Waals surface area contributed by atoms with Gasteiger partial charge in [-0.3, -0.25) is 4.79 Å². The molecule has 1 aliphatic rings. The summed E-state index contributed by atoms with van der Waals surface area (Å²) in [4.78, 5) is 25.1. The lowest BCUT2D eigenvalue weighted by Crippen LogP contribution is -2.32. The van der Waals surface area contributed by atoms with E-state index in [1.165, 1.54) is 23.8 Å². The van der Waals surface area contributed by atoms with Crippen LogP contribution in [0.1, 0.15) is 99.7 Å². The Bertz CT molecular complexity index is 1340. The number of imide groups is 1. The van der Waals surface area contributed by atoms with Gasteiger partial charge in [0, 0.05) is 12.6 Å². The highest BCUT2D eigenvalue weighted by atomic mass is 16.5. The number of ether oxygens (including phenoxy) is 1. The van der Waals surface area contributed by atoms with Crippen LogP contribution in [0.15, 0.2) is 65.3 Å². The van der Waals surface area contributed by atoms with Crippen molar-refractivity contribution >= 4 is 12.0 Å². The van der Waals surface area contributed by atoms with Crippen molar-refractivity contribution in [1.29, 1.82) is 0 Å². The number of hydrogen-bond donors (Lipinski definition) is 1. The highest BCUT2D eigenvalue weighted by Gasteiger charge is 2.26. The van der Waals surface area contributed by atoms with Crippen molar-refractivity contribution in [1.82, 2.24) is 4.90 Å². The smallest absolute Gasteiger partial charge is 0.414 e. The molecule has 5 heteroatoms. The second-order valence-electron chi connectivity index (χ2n) is 11.7. The summed E-state index contributed by atoms with van der Waals surface area (Å²) >= 11 is 0. The molecule has 0 spiro atoms. The standard InChI is InChI=1S/C36H47NO4/c1-24(2)13-10-14-25(3)15-11-16-26(4)17-12-18-30-22-21-29-23-33(27(5)28(6)34(29)41-30)31-19-8-9-20-32(31)35(38)37(7)36(39)40/h8-9,13,15,17,19-20,23,30H,10-12,14,16,18,21-22H2,1-7H3,(H,39,40). The van der Waals surface area contributed by atoms with Crippen LogP contribution in [0.4, 0.5) is 4.79 Å². The highest BCUT2D eigenvalue weighted by molar-refractivity contribution is 6.06. The number of fused-ring (bicyclic) bond motifs is 1. The van der Waals surface area contributed by atoms with Gasteiger partial charge in [-0.05, 0) is 133 Å².